The fraction of sp³-hybridized carbons (Fsp3) is 0.148. The van der Waals surface area contributed by atoms with Crippen LogP contribution in [0.4, 0.5) is 17.3 Å². The highest BCUT2D eigenvalue weighted by molar-refractivity contribution is 6.00. The van der Waals surface area contributed by atoms with Crippen LogP contribution in [0.3, 0.4) is 0 Å². The van der Waals surface area contributed by atoms with Crippen LogP contribution in [0.1, 0.15) is 5.56 Å². The van der Waals surface area contributed by atoms with E-state index >= 15 is 0 Å². The van der Waals surface area contributed by atoms with Crippen LogP contribution in [0.5, 0.6) is 0 Å². The standard InChI is InChI=1S/C27H26N8O/c1-34(2)12-6-9-26(36)33-25-14-22-23(16-28-25)29-18-30-27(22)32-21-10-11-24-20(13-21)15-31-35(24)17-19-7-4-3-5-8-19/h3-11,13-16,18H,12,17H2,1-2H3,(H,28,33,36)(H,29,30,32)/b9-6+. The topological polar surface area (TPSA) is 101 Å². The molecule has 3 heterocycles. The third kappa shape index (κ3) is 5.37. The van der Waals surface area contributed by atoms with Crippen LogP contribution in [-0.2, 0) is 11.3 Å². The number of likely N-dealkylation sites (N-methyl/N-ethyl adjacent to an activating group) is 1. The average molecular weight is 479 g/mol. The summed E-state index contributed by atoms with van der Waals surface area (Å²) >= 11 is 0. The maximum atomic E-state index is 12.2. The van der Waals surface area contributed by atoms with Gasteiger partial charge in [-0.3, -0.25) is 9.48 Å². The predicted molar refractivity (Wildman–Crippen MR) is 142 cm³/mol. The quantitative estimate of drug-likeness (QED) is 0.322. The summed E-state index contributed by atoms with van der Waals surface area (Å²) in [5.41, 5.74) is 3.79. The number of aromatic nitrogens is 5. The fourth-order valence-electron chi connectivity index (χ4n) is 3.85. The largest absolute Gasteiger partial charge is 0.340 e. The van der Waals surface area contributed by atoms with Gasteiger partial charge in [-0.2, -0.15) is 5.10 Å². The van der Waals surface area contributed by atoms with E-state index in [4.69, 9.17) is 0 Å². The molecule has 36 heavy (non-hydrogen) atoms. The van der Waals surface area contributed by atoms with Crippen molar-refractivity contribution in [2.75, 3.05) is 31.3 Å². The molecule has 0 atom stereocenters. The number of rotatable bonds is 8. The van der Waals surface area contributed by atoms with E-state index in [0.717, 1.165) is 22.0 Å². The van der Waals surface area contributed by atoms with Gasteiger partial charge in [0.05, 0.1) is 30.0 Å². The van der Waals surface area contributed by atoms with Crippen LogP contribution in [0.2, 0.25) is 0 Å². The fourth-order valence-corrected chi connectivity index (χ4v) is 3.85. The number of nitrogens with one attached hydrogen (secondary N) is 2. The number of benzene rings is 2. The molecule has 2 aromatic carbocycles. The molecular weight excluding hydrogens is 452 g/mol. The summed E-state index contributed by atoms with van der Waals surface area (Å²) in [4.78, 5) is 27.3. The second-order valence-corrected chi connectivity index (χ2v) is 8.65. The van der Waals surface area contributed by atoms with E-state index in [-0.39, 0.29) is 5.91 Å². The summed E-state index contributed by atoms with van der Waals surface area (Å²) in [6, 6.07) is 18.1. The number of carbonyl (C=O) groups is 1. The van der Waals surface area contributed by atoms with Gasteiger partial charge >= 0.3 is 0 Å². The molecule has 3 aromatic heterocycles. The van der Waals surface area contributed by atoms with Crippen LogP contribution in [0.15, 0.2) is 85.5 Å². The molecule has 0 aliphatic heterocycles. The van der Waals surface area contributed by atoms with E-state index in [9.17, 15) is 4.79 Å². The average Bonchev–Trinajstić information content (AvgIpc) is 3.26. The second kappa shape index (κ2) is 10.3. The number of carbonyl (C=O) groups excluding carboxylic acids is 1. The van der Waals surface area contributed by atoms with E-state index in [1.807, 2.05) is 66.3 Å². The number of fused-ring (bicyclic) bond motifs is 2. The molecule has 0 saturated heterocycles. The minimum atomic E-state index is -0.243. The molecule has 9 nitrogen and oxygen atoms in total. The van der Waals surface area contributed by atoms with Gasteiger partial charge in [-0.1, -0.05) is 36.4 Å². The summed E-state index contributed by atoms with van der Waals surface area (Å²) in [7, 11) is 3.88. The van der Waals surface area contributed by atoms with Gasteiger partial charge in [0.1, 0.15) is 18.0 Å². The Bertz CT molecular complexity index is 1540. The number of pyridine rings is 1. The molecule has 2 N–H and O–H groups in total. The minimum Gasteiger partial charge on any atom is -0.340 e. The van der Waals surface area contributed by atoms with Crippen molar-refractivity contribution in [3.05, 3.63) is 91.0 Å². The molecule has 0 bridgehead atoms. The van der Waals surface area contributed by atoms with E-state index < -0.39 is 0 Å². The molecule has 180 valence electrons. The first-order valence-corrected chi connectivity index (χ1v) is 11.5. The highest BCUT2D eigenvalue weighted by Crippen LogP contribution is 2.27. The van der Waals surface area contributed by atoms with Crippen LogP contribution in [0, 0.1) is 0 Å². The smallest absolute Gasteiger partial charge is 0.249 e. The van der Waals surface area contributed by atoms with Gasteiger partial charge in [-0.05, 0) is 43.9 Å². The van der Waals surface area contributed by atoms with Gasteiger partial charge in [0.2, 0.25) is 5.91 Å². The summed E-state index contributed by atoms with van der Waals surface area (Å²) in [5.74, 6) is 0.808. The Labute approximate surface area is 208 Å². The lowest BCUT2D eigenvalue weighted by Crippen LogP contribution is -2.13. The van der Waals surface area contributed by atoms with Crippen LogP contribution in [-0.4, -0.2) is 56.2 Å². The van der Waals surface area contributed by atoms with Gasteiger partial charge in [-0.15, -0.1) is 0 Å². The molecule has 0 aliphatic rings. The van der Waals surface area contributed by atoms with Crippen molar-refractivity contribution in [1.82, 2.24) is 29.6 Å². The summed E-state index contributed by atoms with van der Waals surface area (Å²) in [6.45, 7) is 1.38. The predicted octanol–water partition coefficient (Wildman–Crippen LogP) is 4.22. The molecule has 0 unspecified atom stereocenters. The van der Waals surface area contributed by atoms with Gasteiger partial charge in [0.15, 0.2) is 0 Å². The first-order chi connectivity index (χ1) is 17.5. The number of nitrogens with zero attached hydrogens (tertiary/aromatic N) is 6. The summed E-state index contributed by atoms with van der Waals surface area (Å²) in [5, 5.41) is 12.5. The monoisotopic (exact) mass is 478 g/mol. The Morgan fingerprint density at radius 3 is 2.72 bits per heavy atom. The van der Waals surface area contributed by atoms with E-state index in [1.54, 1.807) is 18.3 Å². The Morgan fingerprint density at radius 1 is 1.03 bits per heavy atom. The lowest BCUT2D eigenvalue weighted by Gasteiger charge is -2.10. The zero-order valence-corrected chi connectivity index (χ0v) is 20.1. The minimum absolute atomic E-state index is 0.243. The van der Waals surface area contributed by atoms with Crippen molar-refractivity contribution in [3.63, 3.8) is 0 Å². The Morgan fingerprint density at radius 2 is 1.89 bits per heavy atom. The van der Waals surface area contributed by atoms with Crippen molar-refractivity contribution in [3.8, 4) is 0 Å². The zero-order valence-electron chi connectivity index (χ0n) is 20.1. The van der Waals surface area contributed by atoms with E-state index in [0.29, 0.717) is 30.2 Å². The van der Waals surface area contributed by atoms with Crippen molar-refractivity contribution in [1.29, 1.82) is 0 Å². The highest BCUT2D eigenvalue weighted by atomic mass is 16.1. The second-order valence-electron chi connectivity index (χ2n) is 8.65. The molecular formula is C27H26N8O. The van der Waals surface area contributed by atoms with E-state index in [2.05, 4.69) is 42.8 Å². The lowest BCUT2D eigenvalue weighted by atomic mass is 10.2. The number of anilines is 3. The summed E-state index contributed by atoms with van der Waals surface area (Å²) in [6.07, 6.45) is 8.27. The zero-order chi connectivity index (χ0) is 24.9. The SMILES string of the molecule is CN(C)C/C=C/C(=O)Nc1cc2c(Nc3ccc4c(cnn4Cc4ccccc4)c3)ncnc2cn1. The lowest BCUT2D eigenvalue weighted by molar-refractivity contribution is -0.111. The van der Waals surface area contributed by atoms with Crippen LogP contribution >= 0.6 is 0 Å². The van der Waals surface area contributed by atoms with Crippen molar-refractivity contribution < 1.29 is 4.79 Å². The Balaban J connectivity index is 1.36. The van der Waals surface area contributed by atoms with Gasteiger partial charge in [0.25, 0.3) is 0 Å². The molecule has 0 saturated carbocycles. The Kier molecular flexibility index (Phi) is 6.63. The maximum absolute atomic E-state index is 12.2. The molecule has 0 aliphatic carbocycles. The van der Waals surface area contributed by atoms with Crippen LogP contribution < -0.4 is 10.6 Å². The van der Waals surface area contributed by atoms with Crippen LogP contribution in [0.25, 0.3) is 21.8 Å². The van der Waals surface area contributed by atoms with Crippen molar-refractivity contribution >= 4 is 45.0 Å². The molecule has 0 fully saturated rings. The number of amides is 1. The third-order valence-electron chi connectivity index (χ3n) is 5.59. The maximum Gasteiger partial charge on any atom is 0.249 e. The Hall–Kier alpha value is -4.63. The number of hydrogen-bond acceptors (Lipinski definition) is 7. The summed E-state index contributed by atoms with van der Waals surface area (Å²) < 4.78 is 1.99. The highest BCUT2D eigenvalue weighted by Gasteiger charge is 2.10. The van der Waals surface area contributed by atoms with Gasteiger partial charge < -0.3 is 15.5 Å². The first-order valence-electron chi connectivity index (χ1n) is 11.5. The van der Waals surface area contributed by atoms with Crippen molar-refractivity contribution in [2.24, 2.45) is 0 Å². The number of hydrogen-bond donors (Lipinski definition) is 2. The van der Waals surface area contributed by atoms with Gasteiger partial charge in [0, 0.05) is 29.1 Å². The molecule has 0 spiro atoms. The first kappa shape index (κ1) is 23.1. The molecule has 1 amide bonds. The van der Waals surface area contributed by atoms with Crippen molar-refractivity contribution in [2.45, 2.75) is 6.54 Å². The molecule has 5 aromatic rings. The van der Waals surface area contributed by atoms with E-state index in [1.165, 1.54) is 18.0 Å². The third-order valence-corrected chi connectivity index (χ3v) is 5.59. The molecule has 5 rings (SSSR count). The van der Waals surface area contributed by atoms with Gasteiger partial charge in [-0.25, -0.2) is 15.0 Å². The molecule has 9 heteroatoms. The molecule has 0 radical (unpaired) electrons. The normalized spacial score (nSPS) is 11.5.